The second-order valence-electron chi connectivity index (χ2n) is 6.81. The Labute approximate surface area is 144 Å². The van der Waals surface area contributed by atoms with Gasteiger partial charge in [-0.2, -0.15) is 0 Å². The summed E-state index contributed by atoms with van der Waals surface area (Å²) in [5.74, 6) is -1.14. The Morgan fingerprint density at radius 1 is 1.17 bits per heavy atom. The fourth-order valence-electron chi connectivity index (χ4n) is 2.93. The van der Waals surface area contributed by atoms with Gasteiger partial charge in [0, 0.05) is 24.2 Å². The topological polar surface area (TPSA) is 60.9 Å². The zero-order chi connectivity index (χ0) is 17.9. The van der Waals surface area contributed by atoms with E-state index in [-0.39, 0.29) is 11.9 Å². The van der Waals surface area contributed by atoms with E-state index in [2.05, 4.69) is 25.7 Å². The van der Waals surface area contributed by atoms with Crippen molar-refractivity contribution in [3.05, 3.63) is 35.4 Å². The van der Waals surface area contributed by atoms with Gasteiger partial charge >= 0.3 is 5.97 Å². The predicted octanol–water partition coefficient (Wildman–Crippen LogP) is 2.99. The van der Waals surface area contributed by atoms with Gasteiger partial charge in [-0.3, -0.25) is 9.69 Å². The third-order valence-electron chi connectivity index (χ3n) is 4.67. The van der Waals surface area contributed by atoms with Crippen LogP contribution in [-0.2, 0) is 11.3 Å². The van der Waals surface area contributed by atoms with Gasteiger partial charge in [-0.15, -0.1) is 0 Å². The van der Waals surface area contributed by atoms with Crippen molar-refractivity contribution in [2.75, 3.05) is 6.54 Å². The summed E-state index contributed by atoms with van der Waals surface area (Å²) in [5, 5.41) is 9.25. The minimum Gasteiger partial charge on any atom is -0.480 e. The summed E-state index contributed by atoms with van der Waals surface area (Å²) in [6.07, 6.45) is 1.78. The number of aliphatic carboxylic acids is 1. The van der Waals surface area contributed by atoms with Crippen LogP contribution < -0.4 is 0 Å². The molecule has 0 aliphatic heterocycles. The number of nitrogens with zero attached hydrogens (tertiary/aromatic N) is 2. The van der Waals surface area contributed by atoms with Crippen LogP contribution in [0, 0.1) is 0 Å². The van der Waals surface area contributed by atoms with Gasteiger partial charge < -0.3 is 10.0 Å². The molecule has 1 aromatic rings. The SMILES string of the molecule is CCN(Cc1ccc(C(=O)N(C2CC2)C(C)C(=O)O)cc1)C(C)C. The van der Waals surface area contributed by atoms with E-state index in [1.807, 2.05) is 24.3 Å². The fraction of sp³-hybridized carbons (Fsp3) is 0.579. The highest BCUT2D eigenvalue weighted by Gasteiger charge is 2.38. The average molecular weight is 332 g/mol. The number of carbonyl (C=O) groups is 2. The number of carboxylic acid groups (broad SMARTS) is 1. The molecule has 1 unspecified atom stereocenters. The van der Waals surface area contributed by atoms with Crippen molar-refractivity contribution in [2.24, 2.45) is 0 Å². The summed E-state index contributed by atoms with van der Waals surface area (Å²) < 4.78 is 0. The number of amides is 1. The van der Waals surface area contributed by atoms with Gasteiger partial charge in [-0.05, 0) is 57.9 Å². The highest BCUT2D eigenvalue weighted by atomic mass is 16.4. The fourth-order valence-corrected chi connectivity index (χ4v) is 2.93. The first-order chi connectivity index (χ1) is 11.3. The van der Waals surface area contributed by atoms with Crippen molar-refractivity contribution < 1.29 is 14.7 Å². The van der Waals surface area contributed by atoms with E-state index >= 15 is 0 Å². The molecule has 0 heterocycles. The average Bonchev–Trinajstić information content (AvgIpc) is 3.37. The van der Waals surface area contributed by atoms with Gasteiger partial charge in [0.15, 0.2) is 0 Å². The largest absolute Gasteiger partial charge is 0.480 e. The standard InChI is InChI=1S/C19H28N2O3/c1-5-20(13(2)3)12-15-6-8-16(9-7-15)18(22)21(17-10-11-17)14(4)19(23)24/h6-9,13-14,17H,5,10-12H2,1-4H3,(H,23,24). The monoisotopic (exact) mass is 332 g/mol. The molecule has 0 bridgehead atoms. The minimum absolute atomic E-state index is 0.0693. The van der Waals surface area contributed by atoms with Crippen LogP contribution in [0.4, 0.5) is 0 Å². The predicted molar refractivity (Wildman–Crippen MR) is 94.0 cm³/mol. The zero-order valence-electron chi connectivity index (χ0n) is 15.0. The smallest absolute Gasteiger partial charge is 0.326 e. The molecule has 5 heteroatoms. The second-order valence-corrected chi connectivity index (χ2v) is 6.81. The Kier molecular flexibility index (Phi) is 5.99. The molecule has 5 nitrogen and oxygen atoms in total. The van der Waals surface area contributed by atoms with Gasteiger partial charge in [-0.1, -0.05) is 19.1 Å². The maximum absolute atomic E-state index is 12.7. The van der Waals surface area contributed by atoms with Crippen LogP contribution in [0.3, 0.4) is 0 Å². The maximum atomic E-state index is 12.7. The summed E-state index contributed by atoms with van der Waals surface area (Å²) in [6.45, 7) is 9.88. The van der Waals surface area contributed by atoms with Crippen LogP contribution in [0.1, 0.15) is 56.5 Å². The van der Waals surface area contributed by atoms with Crippen molar-refractivity contribution in [3.8, 4) is 0 Å². The molecule has 0 saturated heterocycles. The molecule has 132 valence electrons. The Hall–Kier alpha value is -1.88. The van der Waals surface area contributed by atoms with E-state index in [9.17, 15) is 14.7 Å². The minimum atomic E-state index is -0.956. The Morgan fingerprint density at radius 2 is 1.75 bits per heavy atom. The highest BCUT2D eigenvalue weighted by Crippen LogP contribution is 2.30. The summed E-state index contributed by atoms with van der Waals surface area (Å²) >= 11 is 0. The lowest BCUT2D eigenvalue weighted by Crippen LogP contribution is -2.44. The van der Waals surface area contributed by atoms with Gasteiger partial charge in [0.25, 0.3) is 5.91 Å². The van der Waals surface area contributed by atoms with Crippen molar-refractivity contribution in [1.29, 1.82) is 0 Å². The van der Waals surface area contributed by atoms with Crippen LogP contribution >= 0.6 is 0 Å². The normalized spacial score (nSPS) is 15.6. The van der Waals surface area contributed by atoms with Crippen molar-refractivity contribution in [3.63, 3.8) is 0 Å². The first-order valence-corrected chi connectivity index (χ1v) is 8.73. The number of hydrogen-bond donors (Lipinski definition) is 1. The molecule has 1 aliphatic rings. The van der Waals surface area contributed by atoms with Gasteiger partial charge in [0.05, 0.1) is 0 Å². The zero-order valence-corrected chi connectivity index (χ0v) is 15.0. The van der Waals surface area contributed by atoms with E-state index < -0.39 is 12.0 Å². The summed E-state index contributed by atoms with van der Waals surface area (Å²) in [6, 6.07) is 7.31. The third kappa shape index (κ3) is 4.35. The molecule has 1 saturated carbocycles. The molecule has 0 aromatic heterocycles. The van der Waals surface area contributed by atoms with Crippen LogP contribution in [0.25, 0.3) is 0 Å². The lowest BCUT2D eigenvalue weighted by atomic mass is 10.1. The second kappa shape index (κ2) is 7.79. The molecule has 1 atom stereocenters. The van der Waals surface area contributed by atoms with Gasteiger partial charge in [0.2, 0.25) is 0 Å². The summed E-state index contributed by atoms with van der Waals surface area (Å²) in [4.78, 5) is 27.9. The van der Waals surface area contributed by atoms with E-state index in [1.165, 1.54) is 4.90 Å². The van der Waals surface area contributed by atoms with Crippen LogP contribution in [-0.4, -0.2) is 51.5 Å². The number of carboxylic acids is 1. The lowest BCUT2D eigenvalue weighted by molar-refractivity contribution is -0.141. The molecule has 1 fully saturated rings. The number of rotatable bonds is 8. The van der Waals surface area contributed by atoms with E-state index in [1.54, 1.807) is 6.92 Å². The molecular weight excluding hydrogens is 304 g/mol. The van der Waals surface area contributed by atoms with Crippen molar-refractivity contribution >= 4 is 11.9 Å². The number of hydrogen-bond acceptors (Lipinski definition) is 3. The molecular formula is C19H28N2O3. The first-order valence-electron chi connectivity index (χ1n) is 8.73. The summed E-state index contributed by atoms with van der Waals surface area (Å²) in [7, 11) is 0. The molecule has 1 N–H and O–H groups in total. The maximum Gasteiger partial charge on any atom is 0.326 e. The number of benzene rings is 1. The molecule has 2 rings (SSSR count). The Morgan fingerprint density at radius 3 is 2.17 bits per heavy atom. The third-order valence-corrected chi connectivity index (χ3v) is 4.67. The molecule has 1 aliphatic carbocycles. The number of carbonyl (C=O) groups excluding carboxylic acids is 1. The lowest BCUT2D eigenvalue weighted by Gasteiger charge is -2.27. The first kappa shape index (κ1) is 18.5. The molecule has 24 heavy (non-hydrogen) atoms. The molecule has 1 aromatic carbocycles. The van der Waals surface area contributed by atoms with Crippen LogP contribution in [0.2, 0.25) is 0 Å². The van der Waals surface area contributed by atoms with E-state index in [0.29, 0.717) is 11.6 Å². The van der Waals surface area contributed by atoms with Crippen LogP contribution in [0.15, 0.2) is 24.3 Å². The summed E-state index contributed by atoms with van der Waals surface area (Å²) in [5.41, 5.74) is 1.72. The highest BCUT2D eigenvalue weighted by molar-refractivity contribution is 5.97. The Balaban J connectivity index is 2.11. The molecule has 0 spiro atoms. The molecule has 0 radical (unpaired) electrons. The van der Waals surface area contributed by atoms with Crippen LogP contribution in [0.5, 0.6) is 0 Å². The van der Waals surface area contributed by atoms with Gasteiger partial charge in [-0.25, -0.2) is 4.79 Å². The Bertz CT molecular complexity index is 579. The van der Waals surface area contributed by atoms with E-state index in [4.69, 9.17) is 0 Å². The van der Waals surface area contributed by atoms with Gasteiger partial charge in [0.1, 0.15) is 6.04 Å². The van der Waals surface area contributed by atoms with Crippen molar-refractivity contribution in [2.45, 2.75) is 65.2 Å². The van der Waals surface area contributed by atoms with E-state index in [0.717, 1.165) is 31.5 Å². The quantitative estimate of drug-likeness (QED) is 0.795. The van der Waals surface area contributed by atoms with Crippen molar-refractivity contribution in [1.82, 2.24) is 9.80 Å². The molecule has 1 amide bonds.